The first-order chi connectivity index (χ1) is 6.65. The van der Waals surface area contributed by atoms with E-state index in [4.69, 9.17) is 5.73 Å². The summed E-state index contributed by atoms with van der Waals surface area (Å²) in [6.45, 7) is 12.9. The maximum atomic E-state index is 5.40. The molecular weight excluding hydrogens is 198 g/mol. The highest BCUT2D eigenvalue weighted by molar-refractivity contribution is 7.18. The molecule has 0 radical (unpaired) electrons. The van der Waals surface area contributed by atoms with Gasteiger partial charge in [-0.2, -0.15) is 5.10 Å². The Bertz CT molecular complexity index is 306. The summed E-state index contributed by atoms with van der Waals surface area (Å²) in [6.07, 6.45) is 0. The van der Waals surface area contributed by atoms with Crippen LogP contribution in [0.1, 0.15) is 20.8 Å². The number of hydrogen-bond donors (Lipinski definition) is 1. The summed E-state index contributed by atoms with van der Waals surface area (Å²) in [6, 6.07) is 0. The lowest BCUT2D eigenvalue weighted by molar-refractivity contribution is 0.960. The molecule has 5 nitrogen and oxygen atoms in total. The summed E-state index contributed by atoms with van der Waals surface area (Å²) in [5.41, 5.74) is 6.12. The molecule has 0 aromatic carbocycles. The van der Waals surface area contributed by atoms with E-state index >= 15 is 0 Å². The number of rotatable bonds is 3. The molecule has 1 aromatic rings. The molecule has 1 aromatic heterocycles. The zero-order valence-electron chi connectivity index (χ0n) is 8.69. The van der Waals surface area contributed by atoms with Crippen LogP contribution in [0.3, 0.4) is 0 Å². The number of nitrogens with two attached hydrogens (primary N) is 1. The SMILES string of the molecule is C=NN(C(=C)C)c1nnc(N)s1.CC. The zero-order valence-corrected chi connectivity index (χ0v) is 9.51. The van der Waals surface area contributed by atoms with Crippen molar-refractivity contribution in [3.63, 3.8) is 0 Å². The Kier molecular flexibility index (Phi) is 5.47. The van der Waals surface area contributed by atoms with Crippen LogP contribution in [0.25, 0.3) is 0 Å². The number of nitrogen functional groups attached to an aromatic ring is 1. The van der Waals surface area contributed by atoms with Crippen molar-refractivity contribution in [3.8, 4) is 0 Å². The van der Waals surface area contributed by atoms with Crippen molar-refractivity contribution in [3.05, 3.63) is 12.3 Å². The van der Waals surface area contributed by atoms with Gasteiger partial charge < -0.3 is 5.73 Å². The highest BCUT2D eigenvalue weighted by Crippen LogP contribution is 2.23. The van der Waals surface area contributed by atoms with Gasteiger partial charge in [0, 0.05) is 12.4 Å². The first-order valence-corrected chi connectivity index (χ1v) is 4.98. The Morgan fingerprint density at radius 1 is 1.50 bits per heavy atom. The molecule has 78 valence electrons. The summed E-state index contributed by atoms with van der Waals surface area (Å²) in [5.74, 6) is 0. The predicted molar refractivity (Wildman–Crippen MR) is 62.5 cm³/mol. The number of hydrazone groups is 1. The fourth-order valence-electron chi connectivity index (χ4n) is 0.656. The Balaban J connectivity index is 0.000000791. The number of nitrogens with zero attached hydrogens (tertiary/aromatic N) is 4. The average Bonchev–Trinajstić information content (AvgIpc) is 2.56. The molecular formula is C8H15N5S. The highest BCUT2D eigenvalue weighted by Gasteiger charge is 2.09. The minimum atomic E-state index is 0.403. The lowest BCUT2D eigenvalue weighted by Crippen LogP contribution is -2.11. The van der Waals surface area contributed by atoms with Crippen molar-refractivity contribution in [2.45, 2.75) is 20.8 Å². The van der Waals surface area contributed by atoms with Gasteiger partial charge in [-0.15, -0.1) is 10.2 Å². The summed E-state index contributed by atoms with van der Waals surface area (Å²) in [4.78, 5) is 0. The molecule has 0 spiro atoms. The smallest absolute Gasteiger partial charge is 0.234 e. The topological polar surface area (TPSA) is 67.4 Å². The monoisotopic (exact) mass is 213 g/mol. The van der Waals surface area contributed by atoms with Crippen LogP contribution in [-0.4, -0.2) is 16.9 Å². The Labute approximate surface area is 88.0 Å². The molecule has 0 fully saturated rings. The molecule has 1 rings (SSSR count). The van der Waals surface area contributed by atoms with Crippen molar-refractivity contribution in [2.75, 3.05) is 10.7 Å². The number of hydrogen-bond acceptors (Lipinski definition) is 6. The van der Waals surface area contributed by atoms with E-state index in [1.165, 1.54) is 16.3 Å². The number of allylic oxidation sites excluding steroid dienone is 1. The van der Waals surface area contributed by atoms with Crippen molar-refractivity contribution in [1.82, 2.24) is 10.2 Å². The second kappa shape index (κ2) is 6.09. The molecule has 1 heterocycles. The van der Waals surface area contributed by atoms with Gasteiger partial charge in [-0.1, -0.05) is 31.8 Å². The number of aromatic nitrogens is 2. The molecule has 0 aliphatic carbocycles. The zero-order chi connectivity index (χ0) is 11.1. The van der Waals surface area contributed by atoms with E-state index in [0.717, 1.165) is 5.70 Å². The molecule has 0 amide bonds. The van der Waals surface area contributed by atoms with E-state index in [1.54, 1.807) is 6.92 Å². The van der Waals surface area contributed by atoms with Gasteiger partial charge in [-0.05, 0) is 6.92 Å². The van der Waals surface area contributed by atoms with Gasteiger partial charge in [0.05, 0.1) is 0 Å². The fraction of sp³-hybridized carbons (Fsp3) is 0.375. The van der Waals surface area contributed by atoms with Crippen molar-refractivity contribution < 1.29 is 0 Å². The third kappa shape index (κ3) is 3.14. The van der Waals surface area contributed by atoms with Crippen LogP contribution in [0.5, 0.6) is 0 Å². The van der Waals surface area contributed by atoms with E-state index in [1.807, 2.05) is 13.8 Å². The van der Waals surface area contributed by atoms with Gasteiger partial charge >= 0.3 is 0 Å². The quantitative estimate of drug-likeness (QED) is 0.616. The third-order valence-corrected chi connectivity index (χ3v) is 1.84. The molecule has 0 aliphatic heterocycles. The molecule has 14 heavy (non-hydrogen) atoms. The molecule has 0 unspecified atom stereocenters. The molecule has 2 N–H and O–H groups in total. The normalized spacial score (nSPS) is 8.50. The summed E-state index contributed by atoms with van der Waals surface area (Å²) < 4.78 is 0. The van der Waals surface area contributed by atoms with Crippen LogP contribution in [0.2, 0.25) is 0 Å². The second-order valence-electron chi connectivity index (χ2n) is 2.11. The van der Waals surface area contributed by atoms with Crippen molar-refractivity contribution >= 4 is 28.3 Å². The lowest BCUT2D eigenvalue weighted by Gasteiger charge is -2.12. The maximum Gasteiger partial charge on any atom is 0.234 e. The molecule has 0 bridgehead atoms. The average molecular weight is 213 g/mol. The second-order valence-corrected chi connectivity index (χ2v) is 3.10. The Morgan fingerprint density at radius 2 is 2.07 bits per heavy atom. The third-order valence-electron chi connectivity index (χ3n) is 1.11. The molecule has 0 saturated heterocycles. The predicted octanol–water partition coefficient (Wildman–Crippen LogP) is 2.10. The van der Waals surface area contributed by atoms with Crippen LogP contribution >= 0.6 is 11.3 Å². The highest BCUT2D eigenvalue weighted by atomic mass is 32.1. The standard InChI is InChI=1S/C6H9N5S.C2H6/c1-4(2)11(8-3)6-10-9-5(7)12-6;1-2/h1,3H2,2H3,(H2,7,9);1-2H3. The minimum Gasteiger partial charge on any atom is -0.374 e. The lowest BCUT2D eigenvalue weighted by atomic mass is 10.6. The fourth-order valence-corrected chi connectivity index (χ4v) is 1.31. The summed E-state index contributed by atoms with van der Waals surface area (Å²) >= 11 is 1.24. The molecule has 0 aliphatic rings. The van der Waals surface area contributed by atoms with Crippen molar-refractivity contribution in [2.24, 2.45) is 5.10 Å². The number of anilines is 2. The van der Waals surface area contributed by atoms with E-state index in [0.29, 0.717) is 10.3 Å². The van der Waals surface area contributed by atoms with E-state index < -0.39 is 0 Å². The van der Waals surface area contributed by atoms with Crippen LogP contribution in [0.15, 0.2) is 17.4 Å². The van der Waals surface area contributed by atoms with Gasteiger partial charge in [0.15, 0.2) is 0 Å². The van der Waals surface area contributed by atoms with Crippen LogP contribution in [0.4, 0.5) is 10.3 Å². The Hall–Kier alpha value is -1.43. The molecule has 0 saturated carbocycles. The summed E-state index contributed by atoms with van der Waals surface area (Å²) in [7, 11) is 0. The van der Waals surface area contributed by atoms with Crippen LogP contribution < -0.4 is 10.7 Å². The Morgan fingerprint density at radius 3 is 2.36 bits per heavy atom. The minimum absolute atomic E-state index is 0.403. The van der Waals surface area contributed by atoms with Gasteiger partial charge in [0.25, 0.3) is 0 Å². The van der Waals surface area contributed by atoms with E-state index in [-0.39, 0.29) is 0 Å². The van der Waals surface area contributed by atoms with Gasteiger partial charge in [-0.3, -0.25) is 0 Å². The first-order valence-electron chi connectivity index (χ1n) is 4.16. The maximum absolute atomic E-state index is 5.40. The van der Waals surface area contributed by atoms with Crippen LogP contribution in [0, 0.1) is 0 Å². The summed E-state index contributed by atoms with van der Waals surface area (Å²) in [5, 5.41) is 13.6. The van der Waals surface area contributed by atoms with E-state index in [2.05, 4.69) is 28.6 Å². The first kappa shape index (κ1) is 12.6. The molecule has 6 heteroatoms. The van der Waals surface area contributed by atoms with Gasteiger partial charge in [-0.25, -0.2) is 5.01 Å². The van der Waals surface area contributed by atoms with Gasteiger partial charge in [0.1, 0.15) is 0 Å². The largest absolute Gasteiger partial charge is 0.374 e. The van der Waals surface area contributed by atoms with Gasteiger partial charge in [0.2, 0.25) is 10.3 Å². The van der Waals surface area contributed by atoms with Crippen LogP contribution in [-0.2, 0) is 0 Å². The molecule has 0 atom stereocenters. The van der Waals surface area contributed by atoms with Crippen molar-refractivity contribution in [1.29, 1.82) is 0 Å². The van der Waals surface area contributed by atoms with E-state index in [9.17, 15) is 0 Å².